The highest BCUT2D eigenvalue weighted by molar-refractivity contribution is 5.85. The van der Waals surface area contributed by atoms with E-state index in [4.69, 9.17) is 5.73 Å². The Hall–Kier alpha value is -2.24. The first-order valence-corrected chi connectivity index (χ1v) is 6.47. The number of halogens is 1. The minimum absolute atomic E-state index is 0. The van der Waals surface area contributed by atoms with E-state index in [1.54, 1.807) is 0 Å². The minimum Gasteiger partial charge on any atom is -0.367 e. The third kappa shape index (κ3) is 6.65. The second kappa shape index (κ2) is 9.63. The van der Waals surface area contributed by atoms with Gasteiger partial charge in [0.1, 0.15) is 0 Å². The molecular weight excluding hydrogens is 286 g/mol. The van der Waals surface area contributed by atoms with Crippen molar-refractivity contribution in [2.75, 3.05) is 0 Å². The Balaban J connectivity index is 0.00000220. The molecule has 112 valence electrons. The summed E-state index contributed by atoms with van der Waals surface area (Å²) in [5.41, 5.74) is 16.8. The zero-order valence-corrected chi connectivity index (χ0v) is 12.4. The van der Waals surface area contributed by atoms with Crippen molar-refractivity contribution in [2.45, 2.75) is 13.1 Å². The number of guanidine groups is 1. The first-order chi connectivity index (χ1) is 9.84. The van der Waals surface area contributed by atoms with Crippen LogP contribution in [0.25, 0.3) is 0 Å². The van der Waals surface area contributed by atoms with Gasteiger partial charge >= 0.3 is 0 Å². The molecule has 0 amide bonds. The van der Waals surface area contributed by atoms with Crippen molar-refractivity contribution in [3.63, 3.8) is 0 Å². The van der Waals surface area contributed by atoms with E-state index in [1.165, 1.54) is 5.56 Å². The number of nitrogens with one attached hydrogen (secondary N) is 3. The number of benzene rings is 2. The molecule has 21 heavy (non-hydrogen) atoms. The molecule has 0 aromatic heterocycles. The normalized spacial score (nSPS) is 10.6. The molecular formula is C15H20ClN5. The molecule has 0 radical (unpaired) electrons. The highest BCUT2D eigenvalue weighted by Gasteiger charge is 1.93. The highest BCUT2D eigenvalue weighted by Crippen LogP contribution is 1.97. The van der Waals surface area contributed by atoms with Crippen LogP contribution in [0.2, 0.25) is 0 Å². The lowest BCUT2D eigenvalue weighted by Gasteiger charge is -2.08. The summed E-state index contributed by atoms with van der Waals surface area (Å²) in [6.45, 7) is 1.32. The largest absolute Gasteiger partial charge is 0.367 e. The van der Waals surface area contributed by atoms with E-state index >= 15 is 0 Å². The lowest BCUT2D eigenvalue weighted by Crippen LogP contribution is -2.42. The fourth-order valence-electron chi connectivity index (χ4n) is 1.67. The summed E-state index contributed by atoms with van der Waals surface area (Å²) in [4.78, 5) is 0. The summed E-state index contributed by atoms with van der Waals surface area (Å²) in [5.74, 6) is 0.303. The van der Waals surface area contributed by atoms with Crippen LogP contribution in [0.15, 0.2) is 65.8 Å². The Morgan fingerprint density at radius 1 is 0.857 bits per heavy atom. The average Bonchev–Trinajstić information content (AvgIpc) is 2.49. The van der Waals surface area contributed by atoms with E-state index in [9.17, 15) is 0 Å². The maximum Gasteiger partial charge on any atom is 0.225 e. The van der Waals surface area contributed by atoms with Crippen molar-refractivity contribution in [1.82, 2.24) is 16.3 Å². The standard InChI is InChI=1S/C15H19N5.ClH/c16-15(19-17-11-13-7-3-1-4-8-13)20-18-12-14-9-5-2-6-10-14;/h1-10,17-18H,11-12H2,(H3,16,19,20);1H. The van der Waals surface area contributed by atoms with Crippen molar-refractivity contribution < 1.29 is 0 Å². The molecule has 0 aliphatic heterocycles. The Morgan fingerprint density at radius 3 is 1.95 bits per heavy atom. The molecule has 0 aliphatic rings. The number of hydrazine groups is 1. The van der Waals surface area contributed by atoms with Gasteiger partial charge in [0, 0.05) is 6.54 Å². The van der Waals surface area contributed by atoms with Crippen LogP contribution in [-0.2, 0) is 13.1 Å². The van der Waals surface area contributed by atoms with Gasteiger partial charge in [0.15, 0.2) is 0 Å². The Bertz CT molecular complexity index is 530. The van der Waals surface area contributed by atoms with E-state index in [0.29, 0.717) is 19.0 Å². The topological polar surface area (TPSA) is 74.5 Å². The smallest absolute Gasteiger partial charge is 0.225 e. The monoisotopic (exact) mass is 305 g/mol. The summed E-state index contributed by atoms with van der Waals surface area (Å²) in [5, 5.41) is 4.02. The average molecular weight is 306 g/mol. The molecule has 2 rings (SSSR count). The van der Waals surface area contributed by atoms with Crippen LogP contribution < -0.4 is 22.0 Å². The summed E-state index contributed by atoms with van der Waals surface area (Å²) in [6.07, 6.45) is 0. The lowest BCUT2D eigenvalue weighted by molar-refractivity contribution is 0.635. The Morgan fingerprint density at radius 2 is 1.38 bits per heavy atom. The molecule has 2 aromatic rings. The predicted molar refractivity (Wildman–Crippen MR) is 88.6 cm³/mol. The Kier molecular flexibility index (Phi) is 7.71. The molecule has 0 aliphatic carbocycles. The second-order valence-electron chi connectivity index (χ2n) is 4.28. The third-order valence-electron chi connectivity index (χ3n) is 2.68. The molecule has 0 saturated carbocycles. The summed E-state index contributed by atoms with van der Waals surface area (Å²) in [7, 11) is 0. The van der Waals surface area contributed by atoms with E-state index < -0.39 is 0 Å². The number of nitrogens with zero attached hydrogens (tertiary/aromatic N) is 1. The first kappa shape index (κ1) is 16.8. The van der Waals surface area contributed by atoms with Crippen molar-refractivity contribution in [3.8, 4) is 0 Å². The summed E-state index contributed by atoms with van der Waals surface area (Å²) < 4.78 is 0. The van der Waals surface area contributed by atoms with Gasteiger partial charge in [0.25, 0.3) is 0 Å². The zero-order valence-electron chi connectivity index (χ0n) is 11.6. The molecule has 0 heterocycles. The van der Waals surface area contributed by atoms with Gasteiger partial charge in [0.05, 0.1) is 6.54 Å². The van der Waals surface area contributed by atoms with Crippen LogP contribution in [-0.4, -0.2) is 5.96 Å². The van der Waals surface area contributed by atoms with Gasteiger partial charge in [-0.3, -0.25) is 5.43 Å². The van der Waals surface area contributed by atoms with Crippen molar-refractivity contribution >= 4 is 18.4 Å². The first-order valence-electron chi connectivity index (χ1n) is 6.47. The second-order valence-corrected chi connectivity index (χ2v) is 4.28. The van der Waals surface area contributed by atoms with E-state index in [0.717, 1.165) is 5.56 Å². The molecule has 0 unspecified atom stereocenters. The van der Waals surface area contributed by atoms with Gasteiger partial charge in [-0.2, -0.15) is 0 Å². The highest BCUT2D eigenvalue weighted by atomic mass is 35.5. The molecule has 0 saturated heterocycles. The molecule has 0 fully saturated rings. The number of nitrogens with two attached hydrogens (primary N) is 1. The number of hydrogen-bond donors (Lipinski definition) is 4. The number of hydrazone groups is 1. The van der Waals surface area contributed by atoms with Crippen LogP contribution in [0.5, 0.6) is 0 Å². The van der Waals surface area contributed by atoms with Gasteiger partial charge in [-0.25, -0.2) is 5.43 Å². The van der Waals surface area contributed by atoms with Crippen LogP contribution in [0.1, 0.15) is 11.1 Å². The summed E-state index contributed by atoms with van der Waals surface area (Å²) >= 11 is 0. The van der Waals surface area contributed by atoms with Gasteiger partial charge in [-0.1, -0.05) is 60.7 Å². The van der Waals surface area contributed by atoms with Crippen LogP contribution in [0.4, 0.5) is 0 Å². The minimum atomic E-state index is 0. The maximum atomic E-state index is 5.72. The molecule has 5 nitrogen and oxygen atoms in total. The number of hydrogen-bond acceptors (Lipinski definition) is 3. The van der Waals surface area contributed by atoms with Crippen LogP contribution in [0, 0.1) is 0 Å². The van der Waals surface area contributed by atoms with Crippen molar-refractivity contribution in [2.24, 2.45) is 10.8 Å². The molecule has 2 aromatic carbocycles. The maximum absolute atomic E-state index is 5.72. The van der Waals surface area contributed by atoms with E-state index in [-0.39, 0.29) is 12.4 Å². The van der Waals surface area contributed by atoms with Crippen LogP contribution in [0.3, 0.4) is 0 Å². The zero-order chi connectivity index (χ0) is 14.0. The molecule has 0 bridgehead atoms. The fraction of sp³-hybridized carbons (Fsp3) is 0.133. The molecule has 6 heteroatoms. The predicted octanol–water partition coefficient (Wildman–Crippen LogP) is 1.72. The van der Waals surface area contributed by atoms with Crippen molar-refractivity contribution in [1.29, 1.82) is 0 Å². The van der Waals surface area contributed by atoms with E-state index in [2.05, 4.69) is 21.4 Å². The quantitative estimate of drug-likeness (QED) is 0.372. The number of rotatable bonds is 6. The van der Waals surface area contributed by atoms with Gasteiger partial charge < -0.3 is 11.2 Å². The molecule has 0 spiro atoms. The van der Waals surface area contributed by atoms with Gasteiger partial charge in [-0.15, -0.1) is 17.5 Å². The SMILES string of the molecule is Cl.NC(=NNCc1ccccc1)NNCc1ccccc1. The van der Waals surface area contributed by atoms with Gasteiger partial charge in [-0.05, 0) is 11.1 Å². The van der Waals surface area contributed by atoms with Crippen molar-refractivity contribution in [3.05, 3.63) is 71.8 Å². The van der Waals surface area contributed by atoms with Crippen LogP contribution >= 0.6 is 12.4 Å². The third-order valence-corrected chi connectivity index (χ3v) is 2.68. The lowest BCUT2D eigenvalue weighted by atomic mass is 10.2. The summed E-state index contributed by atoms with van der Waals surface area (Å²) in [6, 6.07) is 20.1. The Labute approximate surface area is 131 Å². The van der Waals surface area contributed by atoms with Gasteiger partial charge in [0.2, 0.25) is 5.96 Å². The van der Waals surface area contributed by atoms with E-state index in [1.807, 2.05) is 60.7 Å². The molecule has 5 N–H and O–H groups in total. The molecule has 0 atom stereocenters. The fourth-order valence-corrected chi connectivity index (χ4v) is 1.67.